The number of ether oxygens (including phenoxy) is 2. The van der Waals surface area contributed by atoms with Crippen molar-refractivity contribution in [2.24, 2.45) is 5.92 Å². The van der Waals surface area contributed by atoms with Gasteiger partial charge in [-0.3, -0.25) is 4.79 Å². The van der Waals surface area contributed by atoms with Crippen molar-refractivity contribution in [2.75, 3.05) is 14.2 Å². The van der Waals surface area contributed by atoms with Crippen molar-refractivity contribution in [3.63, 3.8) is 0 Å². The summed E-state index contributed by atoms with van der Waals surface area (Å²) in [6, 6.07) is 13.0. The summed E-state index contributed by atoms with van der Waals surface area (Å²) in [5, 5.41) is 7.51. The highest BCUT2D eigenvalue weighted by Gasteiger charge is 2.24. The van der Waals surface area contributed by atoms with Crippen molar-refractivity contribution < 1.29 is 18.7 Å². The molecule has 1 aliphatic carbocycles. The van der Waals surface area contributed by atoms with Crippen LogP contribution < -0.4 is 14.8 Å². The fraction of sp³-hybridized carbons (Fsp3) is 0.308. The third-order valence-corrected chi connectivity index (χ3v) is 6.07. The molecule has 3 aromatic rings. The first-order valence-electron chi connectivity index (χ1n) is 11.1. The number of halogens is 1. The Labute approximate surface area is 193 Å². The molecule has 0 aliphatic heterocycles. The van der Waals surface area contributed by atoms with Gasteiger partial charge in [-0.25, -0.2) is 9.07 Å². The van der Waals surface area contributed by atoms with Crippen LogP contribution in [0, 0.1) is 11.7 Å². The van der Waals surface area contributed by atoms with Crippen molar-refractivity contribution in [1.29, 1.82) is 0 Å². The summed E-state index contributed by atoms with van der Waals surface area (Å²) in [6.07, 6.45) is 5.59. The van der Waals surface area contributed by atoms with Crippen LogP contribution in [-0.2, 0) is 0 Å². The normalized spacial score (nSPS) is 14.0. The molecule has 1 aliphatic rings. The Balaban J connectivity index is 1.76. The van der Waals surface area contributed by atoms with Crippen molar-refractivity contribution in [3.8, 4) is 28.4 Å². The minimum Gasteiger partial charge on any atom is -0.496 e. The van der Waals surface area contributed by atoms with Crippen LogP contribution in [0.2, 0.25) is 0 Å². The number of nitrogens with one attached hydrogen (secondary N) is 1. The number of methoxy groups -OCH3 is 2. The van der Waals surface area contributed by atoms with Gasteiger partial charge in [-0.2, -0.15) is 5.10 Å². The number of nitrogens with zero attached hydrogens (tertiary/aromatic N) is 2. The molecule has 1 heterocycles. The van der Waals surface area contributed by atoms with E-state index in [1.165, 1.54) is 18.6 Å². The third-order valence-electron chi connectivity index (χ3n) is 6.07. The van der Waals surface area contributed by atoms with Gasteiger partial charge in [0.05, 0.1) is 31.2 Å². The van der Waals surface area contributed by atoms with E-state index >= 15 is 0 Å². The van der Waals surface area contributed by atoms with Gasteiger partial charge in [-0.05, 0) is 61.2 Å². The summed E-state index contributed by atoms with van der Waals surface area (Å²) in [7, 11) is 3.14. The Kier molecular flexibility index (Phi) is 6.77. The number of aromatic nitrogens is 2. The highest BCUT2D eigenvalue weighted by molar-refractivity contribution is 5.95. The Bertz CT molecular complexity index is 1130. The summed E-state index contributed by atoms with van der Waals surface area (Å²) >= 11 is 0. The molecule has 0 saturated heterocycles. The lowest BCUT2D eigenvalue weighted by atomic mass is 9.87. The predicted molar refractivity (Wildman–Crippen MR) is 125 cm³/mol. The first kappa shape index (κ1) is 22.6. The highest BCUT2D eigenvalue weighted by Crippen LogP contribution is 2.39. The quantitative estimate of drug-likeness (QED) is 0.516. The molecule has 2 aromatic carbocycles. The van der Waals surface area contributed by atoms with Crippen molar-refractivity contribution in [1.82, 2.24) is 15.1 Å². The van der Waals surface area contributed by atoms with Gasteiger partial charge >= 0.3 is 0 Å². The molecule has 1 saturated carbocycles. The number of benzene rings is 2. The smallest absolute Gasteiger partial charge is 0.275 e. The number of hydrogen-bond acceptors (Lipinski definition) is 4. The number of carbonyl (C=O) groups is 1. The van der Waals surface area contributed by atoms with E-state index in [1.807, 2.05) is 18.2 Å². The van der Waals surface area contributed by atoms with Crippen molar-refractivity contribution >= 4 is 5.91 Å². The standard InChI is InChI=1S/C26H28FN3O3/c1-17(18-8-5-4-6-9-18)28-26(31)21-16-22(25-23(32-2)10-7-11-24(25)33-3)30(29-21)20-14-12-19(27)13-15-20/h7,10-16,18H,1,4-6,8-9H2,2-3H3,(H,28,31). The molecule has 1 N–H and O–H groups in total. The molecule has 1 amide bonds. The number of carbonyl (C=O) groups excluding carboxylic acids is 1. The molecule has 7 heteroatoms. The summed E-state index contributed by atoms with van der Waals surface area (Å²) in [5.74, 6) is 0.730. The minimum absolute atomic E-state index is 0.222. The monoisotopic (exact) mass is 449 g/mol. The van der Waals surface area contributed by atoms with E-state index in [1.54, 1.807) is 37.1 Å². The van der Waals surface area contributed by atoms with Crippen LogP contribution >= 0.6 is 0 Å². The molecular formula is C26H28FN3O3. The van der Waals surface area contributed by atoms with Crippen LogP contribution in [-0.4, -0.2) is 29.9 Å². The number of amides is 1. The zero-order valence-electron chi connectivity index (χ0n) is 18.9. The van der Waals surface area contributed by atoms with E-state index in [9.17, 15) is 9.18 Å². The number of rotatable bonds is 7. The van der Waals surface area contributed by atoms with Crippen LogP contribution in [0.4, 0.5) is 4.39 Å². The van der Waals surface area contributed by atoms with E-state index in [-0.39, 0.29) is 23.3 Å². The van der Waals surface area contributed by atoms with Gasteiger partial charge in [0.1, 0.15) is 17.3 Å². The molecule has 33 heavy (non-hydrogen) atoms. The lowest BCUT2D eigenvalue weighted by Gasteiger charge is -2.23. The zero-order chi connectivity index (χ0) is 23.4. The van der Waals surface area contributed by atoms with Crippen LogP contribution in [0.15, 0.2) is 60.8 Å². The number of hydrogen-bond donors (Lipinski definition) is 1. The maximum Gasteiger partial charge on any atom is 0.275 e. The average Bonchev–Trinajstić information content (AvgIpc) is 3.29. The zero-order valence-corrected chi connectivity index (χ0v) is 18.9. The summed E-state index contributed by atoms with van der Waals surface area (Å²) in [4.78, 5) is 13.1. The topological polar surface area (TPSA) is 65.4 Å². The molecule has 0 radical (unpaired) electrons. The van der Waals surface area contributed by atoms with E-state index in [0.29, 0.717) is 28.4 Å². The van der Waals surface area contributed by atoms with Gasteiger partial charge in [-0.15, -0.1) is 0 Å². The Morgan fingerprint density at radius 1 is 1.06 bits per heavy atom. The maximum absolute atomic E-state index is 13.6. The van der Waals surface area contributed by atoms with Crippen LogP contribution in [0.25, 0.3) is 16.9 Å². The molecule has 0 bridgehead atoms. The van der Waals surface area contributed by atoms with Crippen LogP contribution in [0.3, 0.4) is 0 Å². The largest absolute Gasteiger partial charge is 0.496 e. The van der Waals surface area contributed by atoms with E-state index < -0.39 is 0 Å². The fourth-order valence-corrected chi connectivity index (χ4v) is 4.32. The average molecular weight is 450 g/mol. The lowest BCUT2D eigenvalue weighted by Crippen LogP contribution is -2.28. The van der Waals surface area contributed by atoms with Crippen molar-refractivity contribution in [3.05, 3.63) is 72.3 Å². The van der Waals surface area contributed by atoms with Gasteiger partial charge in [0.15, 0.2) is 5.69 Å². The second-order valence-corrected chi connectivity index (χ2v) is 8.15. The van der Waals surface area contributed by atoms with Gasteiger partial charge in [-0.1, -0.05) is 31.9 Å². The molecule has 1 fully saturated rings. The third kappa shape index (κ3) is 4.77. The maximum atomic E-state index is 13.6. The molecule has 0 unspecified atom stereocenters. The molecule has 1 aromatic heterocycles. The van der Waals surface area contributed by atoms with Gasteiger partial charge in [0.2, 0.25) is 0 Å². The first-order chi connectivity index (χ1) is 16.0. The number of allylic oxidation sites excluding steroid dienone is 1. The van der Waals surface area contributed by atoms with Crippen LogP contribution in [0.5, 0.6) is 11.5 Å². The van der Waals surface area contributed by atoms with E-state index in [4.69, 9.17) is 9.47 Å². The summed E-state index contributed by atoms with van der Waals surface area (Å²) < 4.78 is 26.3. The van der Waals surface area contributed by atoms with Crippen LogP contribution in [0.1, 0.15) is 42.6 Å². The summed E-state index contributed by atoms with van der Waals surface area (Å²) in [5.41, 5.74) is 2.78. The Hall–Kier alpha value is -3.61. The highest BCUT2D eigenvalue weighted by atomic mass is 19.1. The molecule has 6 nitrogen and oxygen atoms in total. The molecule has 4 rings (SSSR count). The summed E-state index contributed by atoms with van der Waals surface area (Å²) in [6.45, 7) is 4.11. The molecular weight excluding hydrogens is 421 g/mol. The first-order valence-corrected chi connectivity index (χ1v) is 11.1. The second kappa shape index (κ2) is 9.90. The lowest BCUT2D eigenvalue weighted by molar-refractivity contribution is 0.0954. The molecule has 0 spiro atoms. The molecule has 172 valence electrons. The van der Waals surface area contributed by atoms with E-state index in [0.717, 1.165) is 31.4 Å². The SMILES string of the molecule is C=C(NC(=O)c1cc(-c2c(OC)cccc2OC)n(-c2ccc(F)cc2)n1)C1CCCCC1. The predicted octanol–water partition coefficient (Wildman–Crippen LogP) is 5.52. The van der Waals surface area contributed by atoms with Gasteiger partial charge in [0.25, 0.3) is 5.91 Å². The minimum atomic E-state index is -0.357. The van der Waals surface area contributed by atoms with Crippen molar-refractivity contribution in [2.45, 2.75) is 32.1 Å². The van der Waals surface area contributed by atoms with Gasteiger partial charge in [0, 0.05) is 5.70 Å². The molecule has 0 atom stereocenters. The second-order valence-electron chi connectivity index (χ2n) is 8.15. The van der Waals surface area contributed by atoms with Gasteiger partial charge < -0.3 is 14.8 Å². The Morgan fingerprint density at radius 3 is 2.30 bits per heavy atom. The van der Waals surface area contributed by atoms with E-state index in [2.05, 4.69) is 17.0 Å². The Morgan fingerprint density at radius 2 is 1.70 bits per heavy atom. The fourth-order valence-electron chi connectivity index (χ4n) is 4.32.